The molecule has 0 saturated heterocycles. The highest BCUT2D eigenvalue weighted by Crippen LogP contribution is 2.25. The van der Waals surface area contributed by atoms with E-state index in [0.717, 1.165) is 19.3 Å². The van der Waals surface area contributed by atoms with Crippen molar-refractivity contribution in [3.05, 3.63) is 41.5 Å². The number of aromatic hydroxyl groups is 1. The summed E-state index contributed by atoms with van der Waals surface area (Å²) in [5.74, 6) is -1.75. The van der Waals surface area contributed by atoms with E-state index < -0.39 is 12.0 Å². The van der Waals surface area contributed by atoms with Crippen molar-refractivity contribution in [2.75, 3.05) is 12.4 Å². The molecule has 2 rings (SSSR count). The Kier molecular flexibility index (Phi) is 12.4. The molecule has 0 saturated carbocycles. The van der Waals surface area contributed by atoms with Crippen LogP contribution in [0.3, 0.4) is 0 Å². The number of phenolic OH excluding ortho intramolecular Hbond substituents is 1. The Labute approximate surface area is 220 Å². The molecule has 0 radical (unpaired) electrons. The first-order chi connectivity index (χ1) is 17.7. The first kappa shape index (κ1) is 30.2. The molecule has 0 aromatic heterocycles. The van der Waals surface area contributed by atoms with E-state index in [1.807, 2.05) is 6.92 Å². The van der Waals surface area contributed by atoms with Crippen LogP contribution in [0.15, 0.2) is 35.9 Å². The predicted molar refractivity (Wildman–Crippen MR) is 145 cm³/mol. The topological polar surface area (TPSA) is 110 Å². The number of nitrogens with one attached hydrogen (secondary N) is 1. The van der Waals surface area contributed by atoms with Gasteiger partial charge in [-0.25, -0.2) is 0 Å². The fourth-order valence-corrected chi connectivity index (χ4v) is 4.64. The van der Waals surface area contributed by atoms with Gasteiger partial charge in [-0.1, -0.05) is 45.3 Å². The smallest absolute Gasteiger partial charge is 0.231 e. The van der Waals surface area contributed by atoms with E-state index in [1.165, 1.54) is 31.4 Å². The Bertz CT molecular complexity index is 1020. The van der Waals surface area contributed by atoms with Gasteiger partial charge in [0.1, 0.15) is 17.6 Å². The van der Waals surface area contributed by atoms with Gasteiger partial charge in [-0.3, -0.25) is 19.2 Å². The lowest BCUT2D eigenvalue weighted by molar-refractivity contribution is -0.127. The van der Waals surface area contributed by atoms with Crippen molar-refractivity contribution in [2.24, 2.45) is 11.8 Å². The number of ketones is 3. The predicted octanol–water partition coefficient (Wildman–Crippen LogP) is 5.81. The lowest BCUT2D eigenvalue weighted by Crippen LogP contribution is -2.27. The van der Waals surface area contributed by atoms with Crippen molar-refractivity contribution in [3.8, 4) is 5.75 Å². The number of anilines is 1. The number of Topliss-reactive ketones (excluding diaryl/α,β-unsaturated/α-hetero) is 2. The van der Waals surface area contributed by atoms with Crippen LogP contribution in [0.4, 0.5) is 5.69 Å². The Morgan fingerprint density at radius 3 is 2.46 bits per heavy atom. The number of hydrogen-bond donors (Lipinski definition) is 2. The highest BCUT2D eigenvalue weighted by Gasteiger charge is 2.24. The highest BCUT2D eigenvalue weighted by molar-refractivity contribution is 6.07. The number of ether oxygens (including phenoxy) is 1. The summed E-state index contributed by atoms with van der Waals surface area (Å²) in [6, 6.07) is 4.56. The third kappa shape index (κ3) is 9.73. The number of phenols is 1. The maximum Gasteiger partial charge on any atom is 0.231 e. The van der Waals surface area contributed by atoms with Crippen LogP contribution in [0.2, 0.25) is 0 Å². The van der Waals surface area contributed by atoms with Crippen molar-refractivity contribution in [1.82, 2.24) is 0 Å². The van der Waals surface area contributed by atoms with Gasteiger partial charge in [0.15, 0.2) is 11.6 Å². The monoisotopic (exact) mass is 511 g/mol. The summed E-state index contributed by atoms with van der Waals surface area (Å²) in [5, 5.41) is 13.0. The fraction of sp³-hybridized carbons (Fsp3) is 0.533. The van der Waals surface area contributed by atoms with Crippen LogP contribution in [0.5, 0.6) is 5.75 Å². The summed E-state index contributed by atoms with van der Waals surface area (Å²) in [7, 11) is 1.49. The Morgan fingerprint density at radius 1 is 1.03 bits per heavy atom. The van der Waals surface area contributed by atoms with E-state index in [2.05, 4.69) is 12.2 Å². The number of methoxy groups -OCH3 is 1. The second-order valence-corrected chi connectivity index (χ2v) is 9.82. The number of fused-ring (bicyclic) bond motifs is 2. The van der Waals surface area contributed by atoms with Gasteiger partial charge in [0.25, 0.3) is 0 Å². The van der Waals surface area contributed by atoms with Crippen LogP contribution in [0.1, 0.15) is 84.1 Å². The summed E-state index contributed by atoms with van der Waals surface area (Å²) in [4.78, 5) is 51.6. The number of allylic oxidation sites excluding steroid dienone is 1. The Balaban J connectivity index is 2.44. The standard InChI is InChI=1S/C30H41NO6/c1-5-7-8-10-23-15-20(3)29(35)28(37-4)12-9-11-22(6-2)27(34)19-25(32)14-13-21-16-24(31-30(23)36)18-26(33)17-21/h13-18,22-23,28,33H,5-12,19H2,1-4H3,(H,31,36)/b14-13+,20-15+/t22?,23-,28?/m0/s1. The molecule has 2 N–H and O–H groups in total. The molecule has 1 aromatic carbocycles. The molecule has 7 heteroatoms. The zero-order valence-corrected chi connectivity index (χ0v) is 22.5. The molecule has 1 aromatic rings. The van der Waals surface area contributed by atoms with E-state index in [-0.39, 0.29) is 41.3 Å². The van der Waals surface area contributed by atoms with Gasteiger partial charge in [0.2, 0.25) is 5.91 Å². The molecular weight excluding hydrogens is 470 g/mol. The average molecular weight is 512 g/mol. The van der Waals surface area contributed by atoms with Gasteiger partial charge in [0.05, 0.1) is 12.3 Å². The fourth-order valence-electron chi connectivity index (χ4n) is 4.64. The summed E-state index contributed by atoms with van der Waals surface area (Å²) in [6.07, 6.45) is 9.36. The van der Waals surface area contributed by atoms with E-state index in [1.54, 1.807) is 19.1 Å². The van der Waals surface area contributed by atoms with Crippen LogP contribution in [0.25, 0.3) is 6.08 Å². The third-order valence-electron chi connectivity index (χ3n) is 6.86. The molecular formula is C30H41NO6. The van der Waals surface area contributed by atoms with Crippen LogP contribution in [-0.4, -0.2) is 41.6 Å². The van der Waals surface area contributed by atoms with Gasteiger partial charge in [0, 0.05) is 24.8 Å². The van der Waals surface area contributed by atoms with Crippen LogP contribution in [-0.2, 0) is 23.9 Å². The zero-order valence-electron chi connectivity index (χ0n) is 22.5. The summed E-state index contributed by atoms with van der Waals surface area (Å²) < 4.78 is 5.48. The summed E-state index contributed by atoms with van der Waals surface area (Å²) >= 11 is 0. The molecule has 1 heterocycles. The molecule has 2 bridgehead atoms. The number of amides is 1. The number of carbonyl (C=O) groups is 4. The normalized spacial score (nSPS) is 24.9. The lowest BCUT2D eigenvalue weighted by Gasteiger charge is -2.19. The minimum absolute atomic E-state index is 0.0646. The van der Waals surface area contributed by atoms with Crippen molar-refractivity contribution in [2.45, 2.75) is 84.7 Å². The van der Waals surface area contributed by atoms with Crippen LogP contribution in [0, 0.1) is 11.8 Å². The maximum absolute atomic E-state index is 13.2. The number of rotatable bonds is 6. The minimum Gasteiger partial charge on any atom is -0.508 e. The van der Waals surface area contributed by atoms with Gasteiger partial charge >= 0.3 is 0 Å². The molecule has 2 unspecified atom stereocenters. The third-order valence-corrected chi connectivity index (χ3v) is 6.86. The number of unbranched alkanes of at least 4 members (excludes halogenated alkanes) is 2. The van der Waals surface area contributed by atoms with Crippen molar-refractivity contribution in [1.29, 1.82) is 0 Å². The first-order valence-electron chi connectivity index (χ1n) is 13.3. The van der Waals surface area contributed by atoms with Gasteiger partial charge in [-0.2, -0.15) is 0 Å². The Hall–Kier alpha value is -3.06. The molecule has 0 spiro atoms. The van der Waals surface area contributed by atoms with E-state index in [4.69, 9.17) is 4.74 Å². The number of hydrogen-bond acceptors (Lipinski definition) is 6. The van der Waals surface area contributed by atoms with Gasteiger partial charge in [-0.05, 0) is 68.4 Å². The Morgan fingerprint density at radius 2 is 1.78 bits per heavy atom. The molecule has 3 atom stereocenters. The molecule has 0 fully saturated rings. The molecule has 1 amide bonds. The van der Waals surface area contributed by atoms with E-state index in [9.17, 15) is 24.3 Å². The van der Waals surface area contributed by atoms with Gasteiger partial charge < -0.3 is 15.2 Å². The summed E-state index contributed by atoms with van der Waals surface area (Å²) in [6.45, 7) is 5.71. The molecule has 7 nitrogen and oxygen atoms in total. The SMILES string of the molecule is CCCCC[C@H]1/C=C(\C)C(=O)C(OC)CCCC(CC)C(=O)CC(=O)/C=C/c2cc(O)cc(c2)NC1=O. The molecule has 1 aliphatic rings. The average Bonchev–Trinajstić information content (AvgIpc) is 2.85. The molecule has 1 aliphatic heterocycles. The minimum atomic E-state index is -0.663. The van der Waals surface area contributed by atoms with E-state index in [0.29, 0.717) is 48.9 Å². The second-order valence-electron chi connectivity index (χ2n) is 9.82. The maximum atomic E-state index is 13.2. The van der Waals surface area contributed by atoms with Crippen LogP contribution >= 0.6 is 0 Å². The molecule has 37 heavy (non-hydrogen) atoms. The first-order valence-corrected chi connectivity index (χ1v) is 13.3. The lowest BCUT2D eigenvalue weighted by atomic mass is 9.90. The number of carbonyl (C=O) groups excluding carboxylic acids is 4. The van der Waals surface area contributed by atoms with Crippen molar-refractivity contribution in [3.63, 3.8) is 0 Å². The van der Waals surface area contributed by atoms with Crippen molar-refractivity contribution >= 4 is 35.0 Å². The van der Waals surface area contributed by atoms with Crippen LogP contribution < -0.4 is 5.32 Å². The zero-order chi connectivity index (χ0) is 27.4. The largest absolute Gasteiger partial charge is 0.508 e. The quantitative estimate of drug-likeness (QED) is 0.368. The molecule has 0 aliphatic carbocycles. The highest BCUT2D eigenvalue weighted by atomic mass is 16.5. The number of benzene rings is 1. The summed E-state index contributed by atoms with van der Waals surface area (Å²) in [5.41, 5.74) is 1.37. The van der Waals surface area contributed by atoms with Gasteiger partial charge in [-0.15, -0.1) is 0 Å². The van der Waals surface area contributed by atoms with Crippen molar-refractivity contribution < 1.29 is 29.0 Å². The second kappa shape index (κ2) is 15.3. The van der Waals surface area contributed by atoms with E-state index >= 15 is 0 Å². The molecule has 202 valence electrons.